The number of rotatable bonds is 3. The molecule has 4 heteroatoms. The highest BCUT2D eigenvalue weighted by atomic mass is 19.1. The number of hydrogen-bond acceptors (Lipinski definition) is 3. The molecule has 0 atom stereocenters. The predicted octanol–water partition coefficient (Wildman–Crippen LogP) is 4.06. The van der Waals surface area contributed by atoms with Gasteiger partial charge in [0.1, 0.15) is 11.4 Å². The molecule has 1 aliphatic rings. The summed E-state index contributed by atoms with van der Waals surface area (Å²) < 4.78 is 18.6. The van der Waals surface area contributed by atoms with Crippen LogP contribution in [0.3, 0.4) is 0 Å². The van der Waals surface area contributed by atoms with Crippen molar-refractivity contribution in [3.8, 4) is 0 Å². The normalized spacial score (nSPS) is 19.9. The summed E-state index contributed by atoms with van der Waals surface area (Å²) in [5.41, 5.74) is 0.952. The summed E-state index contributed by atoms with van der Waals surface area (Å²) in [5, 5.41) is 3.25. The van der Waals surface area contributed by atoms with E-state index >= 15 is 0 Å². The highest BCUT2D eigenvalue weighted by molar-refractivity contribution is 5.84. The van der Waals surface area contributed by atoms with Crippen LogP contribution in [0.15, 0.2) is 18.2 Å². The minimum Gasteiger partial charge on any atom is -0.467 e. The van der Waals surface area contributed by atoms with Crippen LogP contribution in [0.2, 0.25) is 0 Å². The first-order valence-corrected chi connectivity index (χ1v) is 7.40. The molecule has 0 bridgehead atoms. The molecule has 1 aromatic rings. The number of nitrogens with one attached hydrogen (secondary N) is 1. The van der Waals surface area contributed by atoms with Gasteiger partial charge in [0, 0.05) is 5.69 Å². The summed E-state index contributed by atoms with van der Waals surface area (Å²) in [4.78, 5) is 12.3. The number of carbonyl (C=O) groups excluding carboxylic acids is 1. The molecule has 0 spiro atoms. The number of aryl methyl sites for hydroxylation is 1. The quantitative estimate of drug-likeness (QED) is 0.854. The van der Waals surface area contributed by atoms with Crippen molar-refractivity contribution in [3.05, 3.63) is 29.6 Å². The predicted molar refractivity (Wildman–Crippen MR) is 81.8 cm³/mol. The van der Waals surface area contributed by atoms with E-state index in [0.717, 1.165) is 18.4 Å². The lowest BCUT2D eigenvalue weighted by molar-refractivity contribution is -0.148. The number of esters is 1. The second kappa shape index (κ2) is 5.66. The molecule has 3 nitrogen and oxygen atoms in total. The summed E-state index contributed by atoms with van der Waals surface area (Å²) in [5.74, 6) is -0.562. The third-order valence-electron chi connectivity index (χ3n) is 4.46. The van der Waals surface area contributed by atoms with Gasteiger partial charge in [-0.1, -0.05) is 13.8 Å². The number of ether oxygens (including phenoxy) is 1. The molecule has 21 heavy (non-hydrogen) atoms. The lowest BCUT2D eigenvalue weighted by atomic mass is 9.69. The first-order chi connectivity index (χ1) is 9.76. The molecule has 1 aromatic carbocycles. The van der Waals surface area contributed by atoms with E-state index in [2.05, 4.69) is 19.2 Å². The second-order valence-electron chi connectivity index (χ2n) is 6.88. The molecule has 2 rings (SSSR count). The molecule has 0 heterocycles. The van der Waals surface area contributed by atoms with Gasteiger partial charge in [-0.2, -0.15) is 0 Å². The van der Waals surface area contributed by atoms with Gasteiger partial charge in [-0.3, -0.25) is 0 Å². The van der Waals surface area contributed by atoms with Gasteiger partial charge in [-0.15, -0.1) is 0 Å². The minimum atomic E-state index is -0.746. The maximum atomic E-state index is 13.6. The molecule has 0 aromatic heterocycles. The number of benzene rings is 1. The van der Waals surface area contributed by atoms with Crippen LogP contribution in [-0.4, -0.2) is 18.6 Å². The maximum absolute atomic E-state index is 13.6. The molecule has 0 aliphatic heterocycles. The van der Waals surface area contributed by atoms with Crippen LogP contribution in [-0.2, 0) is 9.53 Å². The number of hydrogen-bond donors (Lipinski definition) is 1. The van der Waals surface area contributed by atoms with Gasteiger partial charge in [0.25, 0.3) is 0 Å². The number of methoxy groups -OCH3 is 1. The second-order valence-corrected chi connectivity index (χ2v) is 6.88. The Hall–Kier alpha value is -1.58. The van der Waals surface area contributed by atoms with Crippen molar-refractivity contribution in [3.63, 3.8) is 0 Å². The van der Waals surface area contributed by atoms with Crippen LogP contribution < -0.4 is 5.32 Å². The maximum Gasteiger partial charge on any atom is 0.331 e. The third-order valence-corrected chi connectivity index (χ3v) is 4.46. The lowest BCUT2D eigenvalue weighted by Crippen LogP contribution is -2.51. The van der Waals surface area contributed by atoms with E-state index in [-0.39, 0.29) is 17.2 Å². The Morgan fingerprint density at radius 2 is 1.81 bits per heavy atom. The van der Waals surface area contributed by atoms with Crippen molar-refractivity contribution in [1.29, 1.82) is 0 Å². The van der Waals surface area contributed by atoms with Crippen molar-refractivity contribution in [1.82, 2.24) is 0 Å². The van der Waals surface area contributed by atoms with Gasteiger partial charge in [-0.05, 0) is 61.8 Å². The highest BCUT2D eigenvalue weighted by Crippen LogP contribution is 2.42. The van der Waals surface area contributed by atoms with E-state index in [0.29, 0.717) is 18.5 Å². The molecule has 0 saturated heterocycles. The lowest BCUT2D eigenvalue weighted by Gasteiger charge is -2.42. The van der Waals surface area contributed by atoms with E-state index in [1.807, 2.05) is 13.0 Å². The van der Waals surface area contributed by atoms with E-state index in [4.69, 9.17) is 4.74 Å². The highest BCUT2D eigenvalue weighted by Gasteiger charge is 2.45. The fourth-order valence-electron chi connectivity index (χ4n) is 3.01. The molecule has 1 N–H and O–H groups in total. The van der Waals surface area contributed by atoms with Crippen LogP contribution in [0.5, 0.6) is 0 Å². The van der Waals surface area contributed by atoms with Crippen LogP contribution >= 0.6 is 0 Å². The number of anilines is 1. The van der Waals surface area contributed by atoms with Gasteiger partial charge in [-0.25, -0.2) is 9.18 Å². The zero-order valence-corrected chi connectivity index (χ0v) is 13.3. The molecule has 116 valence electrons. The molecular formula is C17H24FNO2. The van der Waals surface area contributed by atoms with Crippen molar-refractivity contribution in [2.75, 3.05) is 12.4 Å². The third kappa shape index (κ3) is 3.55. The van der Waals surface area contributed by atoms with Crippen LogP contribution in [0, 0.1) is 18.2 Å². The van der Waals surface area contributed by atoms with Crippen LogP contribution in [0.25, 0.3) is 0 Å². The summed E-state index contributed by atoms with van der Waals surface area (Å²) in [6.07, 6.45) is 3.26. The molecule has 0 radical (unpaired) electrons. The fourth-order valence-corrected chi connectivity index (χ4v) is 3.01. The van der Waals surface area contributed by atoms with Gasteiger partial charge >= 0.3 is 5.97 Å². The van der Waals surface area contributed by atoms with Gasteiger partial charge in [0.15, 0.2) is 0 Å². The molecule has 0 unspecified atom stereocenters. The van der Waals surface area contributed by atoms with Crippen molar-refractivity contribution in [2.45, 2.75) is 52.0 Å². The first kappa shape index (κ1) is 15.8. The monoisotopic (exact) mass is 293 g/mol. The van der Waals surface area contributed by atoms with Crippen molar-refractivity contribution < 1.29 is 13.9 Å². The summed E-state index contributed by atoms with van der Waals surface area (Å²) in [6, 6.07) is 4.75. The zero-order valence-electron chi connectivity index (χ0n) is 13.3. The number of halogens is 1. The molecule has 1 fully saturated rings. The Kier molecular flexibility index (Phi) is 4.26. The average molecular weight is 293 g/mol. The van der Waals surface area contributed by atoms with Crippen molar-refractivity contribution in [2.24, 2.45) is 5.41 Å². The molecule has 1 saturated carbocycles. The van der Waals surface area contributed by atoms with Crippen LogP contribution in [0.1, 0.15) is 45.1 Å². The zero-order chi connectivity index (χ0) is 15.7. The molecular weight excluding hydrogens is 269 g/mol. The van der Waals surface area contributed by atoms with Gasteiger partial charge in [0.2, 0.25) is 0 Å². The Bertz CT molecular complexity index is 509. The Morgan fingerprint density at radius 1 is 1.19 bits per heavy atom. The van der Waals surface area contributed by atoms with E-state index < -0.39 is 5.54 Å². The topological polar surface area (TPSA) is 38.3 Å². The Balaban J connectivity index is 2.27. The SMILES string of the molecule is COC(=O)C1(Nc2cc(C)cc(F)c2)CCC(C)(C)CC1. The largest absolute Gasteiger partial charge is 0.467 e. The van der Waals surface area contributed by atoms with Gasteiger partial charge in [0.05, 0.1) is 7.11 Å². The minimum absolute atomic E-state index is 0.233. The summed E-state index contributed by atoms with van der Waals surface area (Å²) in [7, 11) is 1.41. The molecule has 0 amide bonds. The Morgan fingerprint density at radius 3 is 2.33 bits per heavy atom. The fraction of sp³-hybridized carbons (Fsp3) is 0.588. The molecule has 1 aliphatic carbocycles. The average Bonchev–Trinajstić information content (AvgIpc) is 2.39. The standard InChI is InChI=1S/C17H24FNO2/c1-12-9-13(18)11-14(10-12)19-17(15(20)21-4)7-5-16(2,3)6-8-17/h9-11,19H,5-8H2,1-4H3. The van der Waals surface area contributed by atoms with Crippen molar-refractivity contribution >= 4 is 11.7 Å². The number of carbonyl (C=O) groups is 1. The summed E-state index contributed by atoms with van der Waals surface area (Å²) in [6.45, 7) is 6.25. The van der Waals surface area contributed by atoms with E-state index in [1.54, 1.807) is 0 Å². The Labute approximate surface area is 125 Å². The first-order valence-electron chi connectivity index (χ1n) is 7.40. The van der Waals surface area contributed by atoms with E-state index in [9.17, 15) is 9.18 Å². The summed E-state index contributed by atoms with van der Waals surface area (Å²) >= 11 is 0. The van der Waals surface area contributed by atoms with Gasteiger partial charge < -0.3 is 10.1 Å². The smallest absolute Gasteiger partial charge is 0.331 e. The van der Waals surface area contributed by atoms with Crippen LogP contribution in [0.4, 0.5) is 10.1 Å². The van der Waals surface area contributed by atoms with E-state index in [1.165, 1.54) is 19.2 Å².